The fourth-order valence-corrected chi connectivity index (χ4v) is 7.99. The molecule has 0 atom stereocenters. The molecule has 1 aromatic heterocycles. The van der Waals surface area contributed by atoms with Gasteiger partial charge < -0.3 is 49.9 Å². The summed E-state index contributed by atoms with van der Waals surface area (Å²) in [4.78, 5) is 32.3. The molecule has 56 heavy (non-hydrogen) atoms. The van der Waals surface area contributed by atoms with Gasteiger partial charge >= 0.3 is 0 Å². The summed E-state index contributed by atoms with van der Waals surface area (Å²) in [5, 5.41) is 0.152. The Morgan fingerprint density at radius 2 is 1.36 bits per heavy atom. The first-order valence-electron chi connectivity index (χ1n) is 19.8. The average molecular weight is 842 g/mol. The van der Waals surface area contributed by atoms with E-state index in [0.29, 0.717) is 48.3 Å². The fourth-order valence-electron chi connectivity index (χ4n) is 7.99. The normalized spacial score (nSPS) is 17.4. The Kier molecular flexibility index (Phi) is 15.2. The molecule has 3 fully saturated rings. The number of carbonyl (C=O) groups is 1. The molecule has 1 amide bonds. The summed E-state index contributed by atoms with van der Waals surface area (Å²) in [6.45, 7) is 15.8. The number of amides is 1. The van der Waals surface area contributed by atoms with Gasteiger partial charge in [-0.05, 0) is 52.2 Å². The molecular formula is C43H55BrF2N4O6. The third-order valence-electron chi connectivity index (χ3n) is 10.9. The number of ether oxygens (including phenoxy) is 4. The van der Waals surface area contributed by atoms with Crippen LogP contribution in [0.3, 0.4) is 0 Å². The third kappa shape index (κ3) is 10.0. The van der Waals surface area contributed by atoms with Crippen LogP contribution in [0, 0.1) is 11.6 Å². The predicted molar refractivity (Wildman–Crippen MR) is 212 cm³/mol. The molecule has 3 aliphatic heterocycles. The molecule has 3 saturated heterocycles. The number of piperazine rings is 3. The van der Waals surface area contributed by atoms with Crippen molar-refractivity contribution in [1.29, 1.82) is 0 Å². The van der Waals surface area contributed by atoms with E-state index >= 15 is 0 Å². The Morgan fingerprint density at radius 1 is 0.768 bits per heavy atom. The summed E-state index contributed by atoms with van der Waals surface area (Å²) in [6, 6.07) is 11.7. The van der Waals surface area contributed by atoms with Crippen LogP contribution >= 0.6 is 0 Å². The van der Waals surface area contributed by atoms with Crippen LogP contribution in [0.25, 0.3) is 16.6 Å². The van der Waals surface area contributed by atoms with E-state index in [0.717, 1.165) is 37.5 Å². The summed E-state index contributed by atoms with van der Waals surface area (Å²) >= 11 is 0. The molecule has 0 N–H and O–H groups in total. The van der Waals surface area contributed by atoms with Crippen LogP contribution in [0.4, 0.5) is 14.5 Å². The summed E-state index contributed by atoms with van der Waals surface area (Å²) in [5.41, 5.74) is 0.183. The van der Waals surface area contributed by atoms with Gasteiger partial charge in [0.2, 0.25) is 5.43 Å². The highest BCUT2D eigenvalue weighted by Crippen LogP contribution is 2.34. The van der Waals surface area contributed by atoms with Crippen molar-refractivity contribution < 1.29 is 54.0 Å². The van der Waals surface area contributed by atoms with Crippen molar-refractivity contribution in [3.05, 3.63) is 82.1 Å². The highest BCUT2D eigenvalue weighted by atomic mass is 79.9. The lowest BCUT2D eigenvalue weighted by Gasteiger charge is -2.50. The van der Waals surface area contributed by atoms with Crippen molar-refractivity contribution in [2.24, 2.45) is 0 Å². The van der Waals surface area contributed by atoms with E-state index in [1.165, 1.54) is 87.8 Å². The number of halogens is 3. The molecule has 10 nitrogen and oxygen atoms in total. The highest BCUT2D eigenvalue weighted by molar-refractivity contribution is 6.08. The number of unbranched alkanes of at least 4 members (excludes halogenated alkanes) is 5. The topological polar surface area (TPSA) is 82.5 Å². The first-order valence-corrected chi connectivity index (χ1v) is 19.8. The number of fused-ring (bicyclic) bond motifs is 4. The van der Waals surface area contributed by atoms with E-state index < -0.39 is 23.0 Å². The number of rotatable bonds is 19. The number of pyridine rings is 1. The van der Waals surface area contributed by atoms with Gasteiger partial charge in [0.1, 0.15) is 40.2 Å². The third-order valence-corrected chi connectivity index (χ3v) is 10.9. The molecule has 0 saturated carbocycles. The van der Waals surface area contributed by atoms with E-state index in [-0.39, 0.29) is 45.9 Å². The minimum atomic E-state index is -0.836. The Labute approximate surface area is 339 Å². The lowest BCUT2D eigenvalue weighted by atomic mass is 10.1. The molecule has 3 aliphatic rings. The fraction of sp³-hybridized carbons (Fsp3) is 0.488. The molecule has 13 heteroatoms. The van der Waals surface area contributed by atoms with Crippen molar-refractivity contribution in [2.75, 3.05) is 84.2 Å². The second-order valence-electron chi connectivity index (χ2n) is 14.5. The van der Waals surface area contributed by atoms with Gasteiger partial charge in [-0.15, -0.1) is 0 Å². The summed E-state index contributed by atoms with van der Waals surface area (Å²) in [5.74, 6) is -0.581. The number of nitrogens with zero attached hydrogens (tertiary/aromatic N) is 4. The zero-order valence-electron chi connectivity index (χ0n) is 33.1. The molecular weight excluding hydrogens is 786 g/mol. The van der Waals surface area contributed by atoms with Crippen molar-refractivity contribution in [3.63, 3.8) is 0 Å². The molecule has 0 radical (unpaired) electrons. The van der Waals surface area contributed by atoms with E-state index in [4.69, 9.17) is 18.9 Å². The number of quaternary nitrogens is 1. The minimum Gasteiger partial charge on any atom is -1.00 e. The van der Waals surface area contributed by atoms with Crippen molar-refractivity contribution >= 4 is 22.5 Å². The number of carbonyl (C=O) groups excluding carboxylic acids is 1. The largest absolute Gasteiger partial charge is 1.00 e. The second kappa shape index (κ2) is 19.8. The lowest BCUT2D eigenvalue weighted by molar-refractivity contribution is -0.941. The average Bonchev–Trinajstić information content (AvgIpc) is 3.17. The first kappa shape index (κ1) is 42.9. The Bertz CT molecular complexity index is 1960. The van der Waals surface area contributed by atoms with Crippen LogP contribution in [-0.4, -0.2) is 99.1 Å². The van der Waals surface area contributed by atoms with Crippen LogP contribution in [0.1, 0.15) is 69.7 Å². The van der Waals surface area contributed by atoms with Gasteiger partial charge in [0.05, 0.1) is 69.7 Å². The number of anilines is 1. The molecule has 4 aromatic rings. The number of methoxy groups -OCH3 is 1. The Balaban J connectivity index is 0.00000600. The van der Waals surface area contributed by atoms with Crippen molar-refractivity contribution in [3.8, 4) is 28.7 Å². The number of aromatic nitrogens is 1. The molecule has 304 valence electrons. The maximum Gasteiger partial charge on any atom is 0.263 e. The van der Waals surface area contributed by atoms with Gasteiger partial charge in [0.25, 0.3) is 5.91 Å². The zero-order valence-corrected chi connectivity index (χ0v) is 34.7. The Morgan fingerprint density at radius 3 is 1.95 bits per heavy atom. The molecule has 0 spiro atoms. The predicted octanol–water partition coefficient (Wildman–Crippen LogP) is 4.61. The number of hydrogen-bond donors (Lipinski definition) is 0. The van der Waals surface area contributed by atoms with Gasteiger partial charge in [-0.3, -0.25) is 14.5 Å². The Hall–Kier alpha value is -4.20. The van der Waals surface area contributed by atoms with Crippen LogP contribution in [0.15, 0.2) is 59.5 Å². The molecule has 3 aromatic carbocycles. The monoisotopic (exact) mass is 840 g/mol. The molecule has 0 aliphatic carbocycles. The standard InChI is InChI=1S/C43H55F2N4O6.BrH/c1-5-47(33-23-31(44)22-32(45)24-33)43(51)38-30-48(34-25-35(53-6-2)27-36(26-34)54-7-3)39-28-37(29-40(52-4)41(39)42(38)50)55-21-13-11-9-8-10-12-17-49-18-14-46(15-19-49)16-20-49;/h22-30H,5-21H2,1-4H3;1H/q+1;/p-1. The van der Waals surface area contributed by atoms with Crippen LogP contribution in [0.2, 0.25) is 0 Å². The van der Waals surface area contributed by atoms with Gasteiger partial charge in [-0.25, -0.2) is 8.78 Å². The van der Waals surface area contributed by atoms with Crippen LogP contribution in [0.5, 0.6) is 23.0 Å². The van der Waals surface area contributed by atoms with Gasteiger partial charge in [-0.2, -0.15) is 0 Å². The maximum atomic E-state index is 14.3. The van der Waals surface area contributed by atoms with E-state index in [2.05, 4.69) is 4.90 Å². The summed E-state index contributed by atoms with van der Waals surface area (Å²) in [7, 11) is 1.46. The number of hydrogen-bond acceptors (Lipinski definition) is 7. The van der Waals surface area contributed by atoms with Crippen molar-refractivity contribution in [1.82, 2.24) is 9.47 Å². The SMILES string of the molecule is CCOc1cc(OCC)cc(-n2cc(C(=O)N(CC)c3cc(F)cc(F)c3)c(=O)c3c(OC)cc(OCCCCCCCC[N+]45CCN(CC4)CC5)cc32)c1.[Br-]. The van der Waals surface area contributed by atoms with E-state index in [9.17, 15) is 18.4 Å². The smallest absolute Gasteiger partial charge is 0.263 e. The maximum absolute atomic E-state index is 14.3. The van der Waals surface area contributed by atoms with Gasteiger partial charge in [-0.1, -0.05) is 19.3 Å². The van der Waals surface area contributed by atoms with Gasteiger partial charge in [0.15, 0.2) is 0 Å². The second-order valence-corrected chi connectivity index (χ2v) is 14.5. The van der Waals surface area contributed by atoms with Gasteiger partial charge in [0, 0.05) is 74.5 Å². The lowest BCUT2D eigenvalue weighted by Crippen LogP contribution is -3.00. The van der Waals surface area contributed by atoms with Crippen molar-refractivity contribution in [2.45, 2.75) is 59.3 Å². The van der Waals surface area contributed by atoms with Crippen LogP contribution < -0.4 is 46.3 Å². The van der Waals surface area contributed by atoms with E-state index in [1.54, 1.807) is 41.8 Å². The number of benzene rings is 3. The summed E-state index contributed by atoms with van der Waals surface area (Å²) < 4.78 is 55.4. The molecule has 4 heterocycles. The molecule has 7 rings (SSSR count). The zero-order chi connectivity index (χ0) is 39.0. The van der Waals surface area contributed by atoms with Crippen LogP contribution in [-0.2, 0) is 0 Å². The summed E-state index contributed by atoms with van der Waals surface area (Å²) in [6.07, 6.45) is 8.33. The highest BCUT2D eigenvalue weighted by Gasteiger charge is 2.37. The molecule has 0 unspecified atom stereocenters. The molecule has 2 bridgehead atoms. The first-order chi connectivity index (χ1) is 26.7. The van der Waals surface area contributed by atoms with E-state index in [1.807, 2.05) is 13.8 Å². The minimum absolute atomic E-state index is 0. The quantitative estimate of drug-likeness (QED) is 0.101.